The zero-order valence-electron chi connectivity index (χ0n) is 21.3. The Balaban J connectivity index is 1.42. The van der Waals surface area contributed by atoms with Gasteiger partial charge in [0.15, 0.2) is 17.4 Å². The van der Waals surface area contributed by atoms with Crippen LogP contribution in [0.3, 0.4) is 0 Å². The molecule has 0 saturated carbocycles. The molecule has 0 bridgehead atoms. The van der Waals surface area contributed by atoms with Gasteiger partial charge in [-0.05, 0) is 62.6 Å². The van der Waals surface area contributed by atoms with Crippen LogP contribution in [0, 0.1) is 18.6 Å². The van der Waals surface area contributed by atoms with Gasteiger partial charge in [-0.1, -0.05) is 24.3 Å². The van der Waals surface area contributed by atoms with E-state index < -0.39 is 17.2 Å². The standard InChI is InChI=1S/C28H29F2N5O2/c1-17(2)32-28-31-15-21-13-19(10-12-24(21)33-28)7-5-6-8-25(36)26-18(3)34(4)35(27(26)37)16-20-9-11-22(29)23(30)14-20/h5,7,9-15,17H,6,8,16H2,1-4H3,(H,31,32,33)/b7-5+. The summed E-state index contributed by atoms with van der Waals surface area (Å²) in [6.45, 7) is 5.78. The average molecular weight is 506 g/mol. The highest BCUT2D eigenvalue weighted by molar-refractivity contribution is 5.97. The Hall–Kier alpha value is -4.14. The van der Waals surface area contributed by atoms with Crippen LogP contribution in [0.5, 0.6) is 0 Å². The molecule has 0 aliphatic carbocycles. The molecular weight excluding hydrogens is 476 g/mol. The number of fused-ring (bicyclic) bond motifs is 1. The van der Waals surface area contributed by atoms with E-state index in [1.54, 1.807) is 24.9 Å². The third-order valence-electron chi connectivity index (χ3n) is 6.12. The van der Waals surface area contributed by atoms with Crippen molar-refractivity contribution in [3.05, 3.63) is 93.0 Å². The maximum absolute atomic E-state index is 13.6. The zero-order valence-corrected chi connectivity index (χ0v) is 21.3. The van der Waals surface area contributed by atoms with Crippen LogP contribution in [0.1, 0.15) is 53.9 Å². The van der Waals surface area contributed by atoms with Gasteiger partial charge < -0.3 is 5.32 Å². The van der Waals surface area contributed by atoms with Gasteiger partial charge in [0.2, 0.25) is 5.95 Å². The van der Waals surface area contributed by atoms with E-state index in [9.17, 15) is 18.4 Å². The number of allylic oxidation sites excluding steroid dienone is 1. The summed E-state index contributed by atoms with van der Waals surface area (Å²) in [6.07, 6.45) is 6.22. The van der Waals surface area contributed by atoms with Gasteiger partial charge in [0.1, 0.15) is 5.56 Å². The number of aromatic nitrogens is 4. The van der Waals surface area contributed by atoms with Crippen molar-refractivity contribution in [1.29, 1.82) is 0 Å². The highest BCUT2D eigenvalue weighted by Crippen LogP contribution is 2.17. The van der Waals surface area contributed by atoms with Crippen molar-refractivity contribution in [3.63, 3.8) is 0 Å². The lowest BCUT2D eigenvalue weighted by Gasteiger charge is -2.08. The molecule has 4 rings (SSSR count). The second kappa shape index (κ2) is 10.9. The smallest absolute Gasteiger partial charge is 0.278 e. The van der Waals surface area contributed by atoms with Crippen molar-refractivity contribution in [2.45, 2.75) is 46.2 Å². The number of hydrogen-bond acceptors (Lipinski definition) is 5. The van der Waals surface area contributed by atoms with Gasteiger partial charge in [0, 0.05) is 36.8 Å². The molecule has 0 atom stereocenters. The van der Waals surface area contributed by atoms with Crippen molar-refractivity contribution < 1.29 is 13.6 Å². The quantitative estimate of drug-likeness (QED) is 0.314. The van der Waals surface area contributed by atoms with Crippen molar-refractivity contribution in [1.82, 2.24) is 19.3 Å². The number of nitrogens with one attached hydrogen (secondary N) is 1. The fourth-order valence-corrected chi connectivity index (χ4v) is 4.11. The molecule has 0 amide bonds. The van der Waals surface area contributed by atoms with E-state index >= 15 is 0 Å². The second-order valence-corrected chi connectivity index (χ2v) is 9.27. The number of halogens is 2. The molecule has 2 aromatic heterocycles. The van der Waals surface area contributed by atoms with Crippen LogP contribution in [0.25, 0.3) is 17.0 Å². The lowest BCUT2D eigenvalue weighted by Crippen LogP contribution is -2.25. The summed E-state index contributed by atoms with van der Waals surface area (Å²) in [6, 6.07) is 9.58. The van der Waals surface area contributed by atoms with Crippen LogP contribution in [0.15, 0.2) is 53.5 Å². The summed E-state index contributed by atoms with van der Waals surface area (Å²) < 4.78 is 29.8. The van der Waals surface area contributed by atoms with Gasteiger partial charge in [-0.2, -0.15) is 0 Å². The minimum atomic E-state index is -0.980. The first-order chi connectivity index (χ1) is 17.6. The van der Waals surface area contributed by atoms with Crippen LogP contribution < -0.4 is 10.9 Å². The lowest BCUT2D eigenvalue weighted by atomic mass is 10.1. The van der Waals surface area contributed by atoms with Crippen molar-refractivity contribution in [3.8, 4) is 0 Å². The van der Waals surface area contributed by atoms with E-state index in [-0.39, 0.29) is 30.4 Å². The third-order valence-corrected chi connectivity index (χ3v) is 6.12. The molecule has 0 spiro atoms. The van der Waals surface area contributed by atoms with Gasteiger partial charge in [0.05, 0.1) is 12.1 Å². The molecule has 0 radical (unpaired) electrons. The molecule has 1 N–H and O–H groups in total. The van der Waals surface area contributed by atoms with Gasteiger partial charge >= 0.3 is 0 Å². The highest BCUT2D eigenvalue weighted by Gasteiger charge is 2.21. The molecule has 0 fully saturated rings. The number of hydrogen-bond donors (Lipinski definition) is 1. The summed E-state index contributed by atoms with van der Waals surface area (Å²) >= 11 is 0. The number of benzene rings is 2. The van der Waals surface area contributed by atoms with Gasteiger partial charge in [-0.15, -0.1) is 0 Å². The second-order valence-electron chi connectivity index (χ2n) is 9.27. The number of Topliss-reactive ketones (excluding diaryl/α,β-unsaturated/α-hetero) is 1. The Morgan fingerprint density at radius 3 is 2.65 bits per heavy atom. The SMILES string of the molecule is Cc1c(C(=O)CC/C=C/c2ccc3nc(NC(C)C)ncc3c2)c(=O)n(Cc2ccc(F)c(F)c2)n1C. The predicted molar refractivity (Wildman–Crippen MR) is 141 cm³/mol. The maximum Gasteiger partial charge on any atom is 0.278 e. The Morgan fingerprint density at radius 2 is 1.92 bits per heavy atom. The van der Waals surface area contributed by atoms with E-state index in [1.165, 1.54) is 10.7 Å². The van der Waals surface area contributed by atoms with Gasteiger partial charge in [-0.25, -0.2) is 23.4 Å². The molecule has 7 nitrogen and oxygen atoms in total. The van der Waals surface area contributed by atoms with Gasteiger partial charge in [0.25, 0.3) is 5.56 Å². The monoisotopic (exact) mass is 505 g/mol. The molecule has 192 valence electrons. The number of carbonyl (C=O) groups is 1. The average Bonchev–Trinajstić information content (AvgIpc) is 3.06. The zero-order chi connectivity index (χ0) is 26.7. The topological polar surface area (TPSA) is 81.8 Å². The summed E-state index contributed by atoms with van der Waals surface area (Å²) in [5.41, 5.74) is 2.42. The van der Waals surface area contributed by atoms with E-state index in [0.717, 1.165) is 28.6 Å². The Morgan fingerprint density at radius 1 is 1.14 bits per heavy atom. The van der Waals surface area contributed by atoms with Gasteiger partial charge in [-0.3, -0.25) is 14.3 Å². The third kappa shape index (κ3) is 5.82. The fourth-order valence-electron chi connectivity index (χ4n) is 4.11. The maximum atomic E-state index is 13.6. The van der Waals surface area contributed by atoms with Crippen molar-refractivity contribution in [2.75, 3.05) is 5.32 Å². The number of rotatable bonds is 9. The number of carbonyl (C=O) groups excluding carboxylic acids is 1. The van der Waals surface area contributed by atoms with Crippen LogP contribution in [-0.4, -0.2) is 31.2 Å². The summed E-state index contributed by atoms with van der Waals surface area (Å²) in [5, 5.41) is 4.10. The Labute approximate surface area is 213 Å². The normalized spacial score (nSPS) is 11.6. The highest BCUT2D eigenvalue weighted by atomic mass is 19.2. The fraction of sp³-hybridized carbons (Fsp3) is 0.286. The van der Waals surface area contributed by atoms with Crippen LogP contribution in [-0.2, 0) is 13.6 Å². The molecule has 9 heteroatoms. The van der Waals surface area contributed by atoms with E-state index in [1.807, 2.05) is 44.2 Å². The van der Waals surface area contributed by atoms with Crippen LogP contribution in [0.2, 0.25) is 0 Å². The molecule has 0 saturated heterocycles. The summed E-state index contributed by atoms with van der Waals surface area (Å²) in [7, 11) is 1.67. The first-order valence-electron chi connectivity index (χ1n) is 12.1. The van der Waals surface area contributed by atoms with Crippen LogP contribution in [0.4, 0.5) is 14.7 Å². The molecule has 2 heterocycles. The summed E-state index contributed by atoms with van der Waals surface area (Å²) in [5.74, 6) is -1.60. The minimum Gasteiger partial charge on any atom is -0.352 e. The first-order valence-corrected chi connectivity index (χ1v) is 12.1. The Kier molecular flexibility index (Phi) is 7.61. The minimum absolute atomic E-state index is 0.0290. The predicted octanol–water partition coefficient (Wildman–Crippen LogP) is 5.26. The van der Waals surface area contributed by atoms with Crippen molar-refractivity contribution in [2.24, 2.45) is 7.05 Å². The molecule has 0 unspecified atom stereocenters. The van der Waals surface area contributed by atoms with Crippen molar-refractivity contribution >= 4 is 28.7 Å². The molecular formula is C28H29F2N5O2. The summed E-state index contributed by atoms with van der Waals surface area (Å²) in [4.78, 5) is 34.7. The Bertz CT molecular complexity index is 1550. The molecule has 0 aliphatic heterocycles. The molecule has 4 aromatic rings. The molecule has 37 heavy (non-hydrogen) atoms. The molecule has 0 aliphatic rings. The van der Waals surface area contributed by atoms with E-state index in [0.29, 0.717) is 23.6 Å². The van der Waals surface area contributed by atoms with E-state index in [2.05, 4.69) is 15.3 Å². The lowest BCUT2D eigenvalue weighted by molar-refractivity contribution is 0.0982. The largest absolute Gasteiger partial charge is 0.352 e. The van der Waals surface area contributed by atoms with E-state index in [4.69, 9.17) is 0 Å². The number of anilines is 1. The van der Waals surface area contributed by atoms with Crippen LogP contribution >= 0.6 is 0 Å². The number of ketones is 1. The number of nitrogens with zero attached hydrogens (tertiary/aromatic N) is 4. The first kappa shape index (κ1) is 25.9. The molecule has 2 aromatic carbocycles.